The molecule has 0 aromatic heterocycles. The molecule has 1 atom stereocenters. The van der Waals surface area contributed by atoms with Gasteiger partial charge in [-0.1, -0.05) is 65.5 Å². The number of hydrogen-bond donors (Lipinski definition) is 0. The highest BCUT2D eigenvalue weighted by molar-refractivity contribution is 5.87. The maximum absolute atomic E-state index is 11.5. The standard InChI is InChI=1S/C16H30O2.C5H8O2/c1-5-7-9-10-11-13-15(12-8-6-2)18-16(17)14(3)4;1-4(2)5(6)7-3/h15H,3,5-13H2,1-2,4H3;1H2,2-3H3. The molecule has 0 aromatic rings. The second kappa shape index (κ2) is 17.2. The van der Waals surface area contributed by atoms with E-state index in [2.05, 4.69) is 31.7 Å². The van der Waals surface area contributed by atoms with Gasteiger partial charge in [0, 0.05) is 11.1 Å². The zero-order valence-electron chi connectivity index (χ0n) is 17.0. The predicted molar refractivity (Wildman–Crippen MR) is 104 cm³/mol. The average molecular weight is 355 g/mol. The van der Waals surface area contributed by atoms with Crippen LogP contribution in [0.2, 0.25) is 0 Å². The minimum Gasteiger partial charge on any atom is -0.466 e. The first-order valence-electron chi connectivity index (χ1n) is 9.40. The van der Waals surface area contributed by atoms with Gasteiger partial charge in [-0.25, -0.2) is 9.59 Å². The lowest BCUT2D eigenvalue weighted by molar-refractivity contribution is -0.145. The van der Waals surface area contributed by atoms with E-state index in [-0.39, 0.29) is 18.0 Å². The Morgan fingerprint density at radius 2 is 1.28 bits per heavy atom. The van der Waals surface area contributed by atoms with Crippen molar-refractivity contribution in [2.24, 2.45) is 0 Å². The Morgan fingerprint density at radius 1 is 0.800 bits per heavy atom. The fourth-order valence-corrected chi connectivity index (χ4v) is 2.10. The SMILES string of the molecule is C=C(C)C(=O)OC.C=C(C)C(=O)OC(CCCC)CCCCCCC. The molecule has 0 aliphatic carbocycles. The fourth-order valence-electron chi connectivity index (χ4n) is 2.10. The molecule has 0 rings (SSSR count). The molecule has 25 heavy (non-hydrogen) atoms. The lowest BCUT2D eigenvalue weighted by atomic mass is 10.0. The summed E-state index contributed by atoms with van der Waals surface area (Å²) < 4.78 is 9.76. The van der Waals surface area contributed by atoms with E-state index in [4.69, 9.17) is 4.74 Å². The van der Waals surface area contributed by atoms with Crippen LogP contribution >= 0.6 is 0 Å². The Morgan fingerprint density at radius 3 is 1.68 bits per heavy atom. The minimum absolute atomic E-state index is 0.0933. The van der Waals surface area contributed by atoms with Gasteiger partial charge in [0.15, 0.2) is 0 Å². The molecule has 0 bridgehead atoms. The van der Waals surface area contributed by atoms with Crippen molar-refractivity contribution in [3.63, 3.8) is 0 Å². The molecule has 4 nitrogen and oxygen atoms in total. The molecule has 0 radical (unpaired) electrons. The Bertz CT molecular complexity index is 399. The third-order valence-electron chi connectivity index (χ3n) is 3.67. The zero-order chi connectivity index (χ0) is 19.7. The number of unbranched alkanes of at least 4 members (excludes halogenated alkanes) is 5. The number of hydrogen-bond acceptors (Lipinski definition) is 4. The normalized spacial score (nSPS) is 10.9. The van der Waals surface area contributed by atoms with Crippen LogP contribution < -0.4 is 0 Å². The molecule has 1 unspecified atom stereocenters. The Labute approximate surface area is 154 Å². The summed E-state index contributed by atoms with van der Waals surface area (Å²) in [5.74, 6) is -0.579. The zero-order valence-corrected chi connectivity index (χ0v) is 17.0. The van der Waals surface area contributed by atoms with Gasteiger partial charge in [0.05, 0.1) is 7.11 Å². The number of carbonyl (C=O) groups excluding carboxylic acids is 2. The molecule has 0 spiro atoms. The number of esters is 2. The molecule has 0 aliphatic rings. The molecule has 146 valence electrons. The summed E-state index contributed by atoms with van der Waals surface area (Å²) in [6.07, 6.45) is 10.7. The van der Waals surface area contributed by atoms with Crippen LogP contribution in [0.25, 0.3) is 0 Å². The van der Waals surface area contributed by atoms with E-state index in [0.717, 1.165) is 32.1 Å². The predicted octanol–water partition coefficient (Wildman–Crippen LogP) is 5.76. The lowest BCUT2D eigenvalue weighted by Gasteiger charge is -2.17. The van der Waals surface area contributed by atoms with E-state index in [9.17, 15) is 9.59 Å². The van der Waals surface area contributed by atoms with E-state index in [0.29, 0.717) is 11.1 Å². The van der Waals surface area contributed by atoms with Gasteiger partial charge in [-0.2, -0.15) is 0 Å². The summed E-state index contributed by atoms with van der Waals surface area (Å²) in [6.45, 7) is 14.7. The van der Waals surface area contributed by atoms with Gasteiger partial charge in [-0.15, -0.1) is 0 Å². The van der Waals surface area contributed by atoms with Gasteiger partial charge in [0.25, 0.3) is 0 Å². The highest BCUT2D eigenvalue weighted by atomic mass is 16.5. The van der Waals surface area contributed by atoms with Crippen molar-refractivity contribution in [1.82, 2.24) is 0 Å². The number of ether oxygens (including phenoxy) is 2. The topological polar surface area (TPSA) is 52.6 Å². The first kappa shape index (κ1) is 25.7. The lowest BCUT2D eigenvalue weighted by Crippen LogP contribution is -2.18. The Hall–Kier alpha value is -1.58. The van der Waals surface area contributed by atoms with Crippen LogP contribution in [-0.4, -0.2) is 25.2 Å². The van der Waals surface area contributed by atoms with Crippen LogP contribution in [0.1, 0.15) is 85.5 Å². The van der Waals surface area contributed by atoms with Crippen LogP contribution in [0, 0.1) is 0 Å². The monoisotopic (exact) mass is 354 g/mol. The van der Waals surface area contributed by atoms with E-state index >= 15 is 0 Å². The van der Waals surface area contributed by atoms with Gasteiger partial charge in [-0.3, -0.25) is 0 Å². The van der Waals surface area contributed by atoms with E-state index in [1.807, 2.05) is 0 Å². The van der Waals surface area contributed by atoms with E-state index in [1.54, 1.807) is 13.8 Å². The quantitative estimate of drug-likeness (QED) is 0.254. The molecule has 0 aromatic carbocycles. The van der Waals surface area contributed by atoms with Gasteiger partial charge in [-0.05, 0) is 33.1 Å². The Balaban J connectivity index is 0. The smallest absolute Gasteiger partial charge is 0.333 e. The first-order valence-corrected chi connectivity index (χ1v) is 9.40. The van der Waals surface area contributed by atoms with Crippen LogP contribution in [0.4, 0.5) is 0 Å². The van der Waals surface area contributed by atoms with Crippen LogP contribution in [0.15, 0.2) is 24.3 Å². The third kappa shape index (κ3) is 17.0. The van der Waals surface area contributed by atoms with Crippen molar-refractivity contribution in [3.05, 3.63) is 24.3 Å². The second-order valence-electron chi connectivity index (χ2n) is 6.42. The number of rotatable bonds is 12. The van der Waals surface area contributed by atoms with Crippen LogP contribution in [-0.2, 0) is 19.1 Å². The maximum atomic E-state index is 11.5. The van der Waals surface area contributed by atoms with Gasteiger partial charge in [0.2, 0.25) is 0 Å². The first-order chi connectivity index (χ1) is 11.8. The van der Waals surface area contributed by atoms with Crippen LogP contribution in [0.5, 0.6) is 0 Å². The molecule has 0 N–H and O–H groups in total. The molecule has 0 aliphatic heterocycles. The average Bonchev–Trinajstić information content (AvgIpc) is 2.58. The van der Waals surface area contributed by atoms with Gasteiger partial charge < -0.3 is 9.47 Å². The Kier molecular flexibility index (Phi) is 17.7. The van der Waals surface area contributed by atoms with Gasteiger partial charge >= 0.3 is 11.9 Å². The molecule has 0 fully saturated rings. The molecule has 0 saturated carbocycles. The van der Waals surface area contributed by atoms with Crippen molar-refractivity contribution >= 4 is 11.9 Å². The highest BCUT2D eigenvalue weighted by Gasteiger charge is 2.14. The van der Waals surface area contributed by atoms with E-state index in [1.165, 1.54) is 32.8 Å². The van der Waals surface area contributed by atoms with E-state index < -0.39 is 0 Å². The summed E-state index contributed by atoms with van der Waals surface area (Å²) in [7, 11) is 1.33. The summed E-state index contributed by atoms with van der Waals surface area (Å²) in [5.41, 5.74) is 0.935. The summed E-state index contributed by atoms with van der Waals surface area (Å²) in [4.78, 5) is 21.7. The van der Waals surface area contributed by atoms with Crippen LogP contribution in [0.3, 0.4) is 0 Å². The summed E-state index contributed by atoms with van der Waals surface area (Å²) in [6, 6.07) is 0. The summed E-state index contributed by atoms with van der Waals surface area (Å²) in [5, 5.41) is 0. The van der Waals surface area contributed by atoms with Crippen molar-refractivity contribution in [2.75, 3.05) is 7.11 Å². The number of carbonyl (C=O) groups is 2. The van der Waals surface area contributed by atoms with Crippen molar-refractivity contribution in [3.8, 4) is 0 Å². The summed E-state index contributed by atoms with van der Waals surface area (Å²) >= 11 is 0. The molecule has 4 heteroatoms. The third-order valence-corrected chi connectivity index (χ3v) is 3.67. The second-order valence-corrected chi connectivity index (χ2v) is 6.42. The molecule has 0 amide bonds. The van der Waals surface area contributed by atoms with Crippen molar-refractivity contribution in [2.45, 2.75) is 91.6 Å². The number of methoxy groups -OCH3 is 1. The largest absolute Gasteiger partial charge is 0.466 e. The van der Waals surface area contributed by atoms with Crippen molar-refractivity contribution < 1.29 is 19.1 Å². The highest BCUT2D eigenvalue weighted by Crippen LogP contribution is 2.15. The minimum atomic E-state index is -0.347. The van der Waals surface area contributed by atoms with Gasteiger partial charge in [0.1, 0.15) is 6.10 Å². The van der Waals surface area contributed by atoms with Crippen molar-refractivity contribution in [1.29, 1.82) is 0 Å². The molecule has 0 heterocycles. The molecule has 0 saturated heterocycles. The fraction of sp³-hybridized carbons (Fsp3) is 0.714. The maximum Gasteiger partial charge on any atom is 0.333 e. The molecular formula is C21H38O4. The molecular weight excluding hydrogens is 316 g/mol.